The second kappa shape index (κ2) is 7.87. The lowest BCUT2D eigenvalue weighted by Gasteiger charge is -2.25. The van der Waals surface area contributed by atoms with Crippen LogP contribution in [0.25, 0.3) is 0 Å². The molecule has 5 heteroatoms. The van der Waals surface area contributed by atoms with Crippen LogP contribution in [0.1, 0.15) is 22.8 Å². The number of nitrogens with one attached hydrogen (secondary N) is 1. The highest BCUT2D eigenvalue weighted by Gasteiger charge is 2.26. The van der Waals surface area contributed by atoms with E-state index in [9.17, 15) is 4.79 Å². The van der Waals surface area contributed by atoms with Gasteiger partial charge in [0.2, 0.25) is 0 Å². The molecule has 1 heterocycles. The molecule has 1 unspecified atom stereocenters. The number of benzene rings is 3. The molecule has 3 aromatic rings. The van der Waals surface area contributed by atoms with Crippen LogP contribution in [-0.4, -0.2) is 26.2 Å². The molecule has 3 aromatic carbocycles. The average Bonchev–Trinajstić information content (AvgIpc) is 3.09. The second-order valence-electron chi connectivity index (χ2n) is 7.09. The number of hydrogen-bond acceptors (Lipinski definition) is 4. The van der Waals surface area contributed by atoms with Crippen LogP contribution in [0.3, 0.4) is 0 Å². The number of hydrogen-bond donors (Lipinski definition) is 1. The van der Waals surface area contributed by atoms with Crippen molar-refractivity contribution >= 4 is 23.0 Å². The highest BCUT2D eigenvalue weighted by molar-refractivity contribution is 6.08. The van der Waals surface area contributed by atoms with Gasteiger partial charge in [0, 0.05) is 23.1 Å². The molecule has 1 aliphatic rings. The van der Waals surface area contributed by atoms with Crippen LogP contribution < -0.4 is 19.7 Å². The molecule has 0 aliphatic carbocycles. The number of carbonyl (C=O) groups excluding carboxylic acids is 1. The third kappa shape index (κ3) is 3.51. The molecule has 0 fully saturated rings. The average molecular weight is 388 g/mol. The zero-order valence-electron chi connectivity index (χ0n) is 16.8. The number of anilines is 3. The van der Waals surface area contributed by atoms with Crippen LogP contribution in [0, 0.1) is 0 Å². The van der Waals surface area contributed by atoms with Crippen LogP contribution in [0.15, 0.2) is 66.7 Å². The Morgan fingerprint density at radius 1 is 0.931 bits per heavy atom. The summed E-state index contributed by atoms with van der Waals surface area (Å²) in [6, 6.07) is 22.1. The standard InChI is InChI=1S/C24H24N2O3/c1-16-15-17-7-4-5-8-20(17)26(16)19-13-11-18(12-14-19)25-24(27)23-21(28-2)9-6-10-22(23)29-3/h4-14,16H,15H2,1-3H3,(H,25,27). The van der Waals surface area contributed by atoms with E-state index in [1.807, 2.05) is 24.3 Å². The number of methoxy groups -OCH3 is 2. The zero-order chi connectivity index (χ0) is 20.4. The van der Waals surface area contributed by atoms with Crippen molar-refractivity contribution < 1.29 is 14.3 Å². The van der Waals surface area contributed by atoms with Crippen molar-refractivity contribution in [1.29, 1.82) is 0 Å². The third-order valence-electron chi connectivity index (χ3n) is 5.27. The van der Waals surface area contributed by atoms with E-state index in [2.05, 4.69) is 41.4 Å². The summed E-state index contributed by atoms with van der Waals surface area (Å²) >= 11 is 0. The van der Waals surface area contributed by atoms with Gasteiger partial charge in [-0.05, 0) is 61.4 Å². The maximum absolute atomic E-state index is 12.8. The predicted molar refractivity (Wildman–Crippen MR) is 116 cm³/mol. The van der Waals surface area contributed by atoms with Gasteiger partial charge >= 0.3 is 0 Å². The Morgan fingerprint density at radius 2 is 1.59 bits per heavy atom. The molecular formula is C24H24N2O3. The Kier molecular flexibility index (Phi) is 5.12. The molecule has 1 atom stereocenters. The summed E-state index contributed by atoms with van der Waals surface area (Å²) in [5.41, 5.74) is 4.81. The van der Waals surface area contributed by atoms with Crippen molar-refractivity contribution in [2.45, 2.75) is 19.4 Å². The summed E-state index contributed by atoms with van der Waals surface area (Å²) in [4.78, 5) is 15.2. The molecule has 1 N–H and O–H groups in total. The number of fused-ring (bicyclic) bond motifs is 1. The molecular weight excluding hydrogens is 364 g/mol. The second-order valence-corrected chi connectivity index (χ2v) is 7.09. The summed E-state index contributed by atoms with van der Waals surface area (Å²) in [7, 11) is 3.07. The van der Waals surface area contributed by atoms with Gasteiger partial charge in [-0.2, -0.15) is 0 Å². The van der Waals surface area contributed by atoms with Crippen molar-refractivity contribution in [3.05, 3.63) is 77.9 Å². The highest BCUT2D eigenvalue weighted by Crippen LogP contribution is 2.38. The normalized spacial score (nSPS) is 15.0. The van der Waals surface area contributed by atoms with Gasteiger partial charge in [-0.1, -0.05) is 24.3 Å². The summed E-state index contributed by atoms with van der Waals surface area (Å²) < 4.78 is 10.7. The molecule has 148 valence electrons. The first-order chi connectivity index (χ1) is 14.1. The molecule has 0 spiro atoms. The van der Waals surface area contributed by atoms with Crippen LogP contribution in [0.4, 0.5) is 17.1 Å². The van der Waals surface area contributed by atoms with Crippen LogP contribution in [-0.2, 0) is 6.42 Å². The molecule has 0 saturated carbocycles. The number of carbonyl (C=O) groups is 1. The molecule has 0 aromatic heterocycles. The van der Waals surface area contributed by atoms with Crippen molar-refractivity contribution in [3.8, 4) is 11.5 Å². The number of ether oxygens (including phenoxy) is 2. The third-order valence-corrected chi connectivity index (χ3v) is 5.27. The topological polar surface area (TPSA) is 50.8 Å². The summed E-state index contributed by atoms with van der Waals surface area (Å²) in [6.07, 6.45) is 1.03. The first kappa shape index (κ1) is 18.9. The Balaban J connectivity index is 1.56. The van der Waals surface area contributed by atoms with E-state index in [-0.39, 0.29) is 5.91 Å². The lowest BCUT2D eigenvalue weighted by molar-refractivity contribution is 0.102. The van der Waals surface area contributed by atoms with Crippen molar-refractivity contribution in [2.24, 2.45) is 0 Å². The SMILES string of the molecule is COc1cccc(OC)c1C(=O)Nc1ccc(N2c3ccccc3CC2C)cc1. The van der Waals surface area contributed by atoms with E-state index >= 15 is 0 Å². The van der Waals surface area contributed by atoms with E-state index in [0.29, 0.717) is 28.8 Å². The van der Waals surface area contributed by atoms with E-state index in [1.54, 1.807) is 18.2 Å². The van der Waals surface area contributed by atoms with E-state index in [0.717, 1.165) is 12.1 Å². The maximum Gasteiger partial charge on any atom is 0.263 e. The molecule has 0 bridgehead atoms. The number of rotatable bonds is 5. The maximum atomic E-state index is 12.8. The molecule has 1 amide bonds. The zero-order valence-corrected chi connectivity index (χ0v) is 16.8. The fraction of sp³-hybridized carbons (Fsp3) is 0.208. The van der Waals surface area contributed by atoms with Crippen molar-refractivity contribution in [3.63, 3.8) is 0 Å². The Bertz CT molecular complexity index is 1010. The first-order valence-electron chi connectivity index (χ1n) is 9.62. The van der Waals surface area contributed by atoms with Crippen LogP contribution in [0.2, 0.25) is 0 Å². The van der Waals surface area contributed by atoms with E-state index in [4.69, 9.17) is 9.47 Å². The minimum atomic E-state index is -0.271. The van der Waals surface area contributed by atoms with Crippen LogP contribution in [0.5, 0.6) is 11.5 Å². The first-order valence-corrected chi connectivity index (χ1v) is 9.62. The fourth-order valence-corrected chi connectivity index (χ4v) is 3.93. The highest BCUT2D eigenvalue weighted by atomic mass is 16.5. The van der Waals surface area contributed by atoms with E-state index in [1.165, 1.54) is 25.5 Å². The van der Waals surface area contributed by atoms with Gasteiger partial charge in [0.15, 0.2) is 0 Å². The number of para-hydroxylation sites is 1. The van der Waals surface area contributed by atoms with Crippen molar-refractivity contribution in [2.75, 3.05) is 24.4 Å². The quantitative estimate of drug-likeness (QED) is 0.665. The van der Waals surface area contributed by atoms with E-state index < -0.39 is 0 Å². The minimum absolute atomic E-state index is 0.271. The van der Waals surface area contributed by atoms with Gasteiger partial charge in [-0.3, -0.25) is 4.79 Å². The monoisotopic (exact) mass is 388 g/mol. The Labute approximate surface area is 170 Å². The Morgan fingerprint density at radius 3 is 2.24 bits per heavy atom. The van der Waals surface area contributed by atoms with Gasteiger partial charge in [0.05, 0.1) is 14.2 Å². The van der Waals surface area contributed by atoms with Crippen LogP contribution >= 0.6 is 0 Å². The Hall–Kier alpha value is -3.47. The largest absolute Gasteiger partial charge is 0.496 e. The smallest absolute Gasteiger partial charge is 0.263 e. The summed E-state index contributed by atoms with van der Waals surface area (Å²) in [5.74, 6) is 0.675. The molecule has 5 nitrogen and oxygen atoms in total. The lowest BCUT2D eigenvalue weighted by Crippen LogP contribution is -2.23. The molecule has 4 rings (SSSR count). The number of amides is 1. The molecule has 1 aliphatic heterocycles. The van der Waals surface area contributed by atoms with Gasteiger partial charge in [0.1, 0.15) is 17.1 Å². The van der Waals surface area contributed by atoms with Gasteiger partial charge in [-0.15, -0.1) is 0 Å². The van der Waals surface area contributed by atoms with Gasteiger partial charge in [0.25, 0.3) is 5.91 Å². The molecule has 29 heavy (non-hydrogen) atoms. The minimum Gasteiger partial charge on any atom is -0.496 e. The fourth-order valence-electron chi connectivity index (χ4n) is 3.93. The van der Waals surface area contributed by atoms with Crippen molar-refractivity contribution in [1.82, 2.24) is 0 Å². The number of nitrogens with zero attached hydrogens (tertiary/aromatic N) is 1. The van der Waals surface area contributed by atoms with Gasteiger partial charge < -0.3 is 19.7 Å². The lowest BCUT2D eigenvalue weighted by atomic mass is 10.1. The van der Waals surface area contributed by atoms with Gasteiger partial charge in [-0.25, -0.2) is 0 Å². The molecule has 0 saturated heterocycles. The predicted octanol–water partition coefficient (Wildman–Crippen LogP) is 5.04. The summed E-state index contributed by atoms with van der Waals surface area (Å²) in [5, 5.41) is 2.94. The molecule has 0 radical (unpaired) electrons. The summed E-state index contributed by atoms with van der Waals surface area (Å²) in [6.45, 7) is 2.23.